The molecule has 3 heteroatoms. The molecule has 0 amide bonds. The van der Waals surface area contributed by atoms with Crippen LogP contribution in [0.4, 0.5) is 5.69 Å². The molecule has 2 aromatic rings. The summed E-state index contributed by atoms with van der Waals surface area (Å²) in [4.78, 5) is 1.30. The third kappa shape index (κ3) is 3.99. The SMILES string of the molecule is CC(Sc1ccccc1)c1ccc(N)cc1.Cl. The molecule has 0 heterocycles. The Morgan fingerprint density at radius 3 is 2.12 bits per heavy atom. The molecule has 0 spiro atoms. The van der Waals surface area contributed by atoms with Gasteiger partial charge in [-0.1, -0.05) is 30.3 Å². The van der Waals surface area contributed by atoms with Crippen LogP contribution in [0.15, 0.2) is 59.5 Å². The zero-order valence-corrected chi connectivity index (χ0v) is 11.3. The van der Waals surface area contributed by atoms with Crippen LogP contribution in [0.3, 0.4) is 0 Å². The lowest BCUT2D eigenvalue weighted by molar-refractivity contribution is 1.10. The molecule has 0 aromatic heterocycles. The van der Waals surface area contributed by atoms with E-state index in [0.29, 0.717) is 5.25 Å². The molecule has 0 saturated carbocycles. The Balaban J connectivity index is 0.00000144. The van der Waals surface area contributed by atoms with Crippen LogP contribution < -0.4 is 5.73 Å². The van der Waals surface area contributed by atoms with Gasteiger partial charge in [-0.05, 0) is 36.8 Å². The minimum absolute atomic E-state index is 0. The number of benzene rings is 2. The molecule has 0 radical (unpaired) electrons. The van der Waals surface area contributed by atoms with Crippen LogP contribution >= 0.6 is 24.2 Å². The first-order valence-corrected chi connectivity index (χ1v) is 6.21. The minimum Gasteiger partial charge on any atom is -0.399 e. The molecule has 1 unspecified atom stereocenters. The van der Waals surface area contributed by atoms with Gasteiger partial charge in [0.05, 0.1) is 0 Å². The smallest absolute Gasteiger partial charge is 0.0316 e. The molecular formula is C14H16ClNS. The maximum absolute atomic E-state index is 5.67. The number of thioether (sulfide) groups is 1. The van der Waals surface area contributed by atoms with Crippen LogP contribution in [-0.4, -0.2) is 0 Å². The predicted octanol–water partition coefficient (Wildman–Crippen LogP) is 4.54. The maximum Gasteiger partial charge on any atom is 0.0316 e. The lowest BCUT2D eigenvalue weighted by atomic mass is 10.1. The van der Waals surface area contributed by atoms with E-state index in [0.717, 1.165) is 5.69 Å². The monoisotopic (exact) mass is 265 g/mol. The van der Waals surface area contributed by atoms with Gasteiger partial charge in [0.1, 0.15) is 0 Å². The van der Waals surface area contributed by atoms with Gasteiger partial charge in [-0.3, -0.25) is 0 Å². The highest BCUT2D eigenvalue weighted by molar-refractivity contribution is 7.99. The van der Waals surface area contributed by atoms with Gasteiger partial charge in [0.25, 0.3) is 0 Å². The Bertz CT molecular complexity index is 442. The average molecular weight is 266 g/mol. The van der Waals surface area contributed by atoms with E-state index in [-0.39, 0.29) is 12.4 Å². The molecule has 1 nitrogen and oxygen atoms in total. The summed E-state index contributed by atoms with van der Waals surface area (Å²) < 4.78 is 0. The van der Waals surface area contributed by atoms with E-state index < -0.39 is 0 Å². The molecule has 2 rings (SSSR count). The zero-order valence-electron chi connectivity index (χ0n) is 9.67. The minimum atomic E-state index is 0. The molecular weight excluding hydrogens is 250 g/mol. The molecule has 0 fully saturated rings. The Morgan fingerprint density at radius 1 is 0.941 bits per heavy atom. The molecule has 1 atom stereocenters. The van der Waals surface area contributed by atoms with E-state index in [2.05, 4.69) is 43.3 Å². The highest BCUT2D eigenvalue weighted by Gasteiger charge is 2.06. The van der Waals surface area contributed by atoms with Crippen molar-refractivity contribution in [2.45, 2.75) is 17.1 Å². The Kier molecular flexibility index (Phi) is 5.39. The van der Waals surface area contributed by atoms with Gasteiger partial charge < -0.3 is 5.73 Å². The zero-order chi connectivity index (χ0) is 11.4. The lowest BCUT2D eigenvalue weighted by Crippen LogP contribution is -1.90. The third-order valence-corrected chi connectivity index (χ3v) is 3.63. The van der Waals surface area contributed by atoms with Gasteiger partial charge in [0, 0.05) is 15.8 Å². The van der Waals surface area contributed by atoms with Gasteiger partial charge in [-0.15, -0.1) is 24.2 Å². The molecule has 0 aliphatic carbocycles. The molecule has 0 bridgehead atoms. The van der Waals surface area contributed by atoms with E-state index in [9.17, 15) is 0 Å². The van der Waals surface area contributed by atoms with Gasteiger partial charge in [-0.25, -0.2) is 0 Å². The summed E-state index contributed by atoms with van der Waals surface area (Å²) in [5.74, 6) is 0. The van der Waals surface area contributed by atoms with Crippen molar-refractivity contribution in [3.05, 3.63) is 60.2 Å². The molecule has 17 heavy (non-hydrogen) atoms. The first-order valence-electron chi connectivity index (χ1n) is 5.33. The molecule has 2 N–H and O–H groups in total. The van der Waals surface area contributed by atoms with Crippen LogP contribution in [0.2, 0.25) is 0 Å². The van der Waals surface area contributed by atoms with Crippen molar-refractivity contribution < 1.29 is 0 Å². The second-order valence-electron chi connectivity index (χ2n) is 3.74. The van der Waals surface area contributed by atoms with E-state index in [1.165, 1.54) is 10.5 Å². The van der Waals surface area contributed by atoms with Crippen molar-refractivity contribution in [2.24, 2.45) is 0 Å². The predicted molar refractivity (Wildman–Crippen MR) is 78.8 cm³/mol. The molecule has 0 aliphatic rings. The van der Waals surface area contributed by atoms with Crippen LogP contribution in [0, 0.1) is 0 Å². The van der Waals surface area contributed by atoms with Crippen LogP contribution in [-0.2, 0) is 0 Å². The summed E-state index contributed by atoms with van der Waals surface area (Å²) >= 11 is 1.86. The number of hydrogen-bond donors (Lipinski definition) is 1. The fraction of sp³-hybridized carbons (Fsp3) is 0.143. The van der Waals surface area contributed by atoms with Crippen molar-refractivity contribution >= 4 is 29.9 Å². The Labute approximate surface area is 113 Å². The highest BCUT2D eigenvalue weighted by atomic mass is 35.5. The van der Waals surface area contributed by atoms with Crippen molar-refractivity contribution in [1.29, 1.82) is 0 Å². The van der Waals surface area contributed by atoms with Gasteiger partial charge in [-0.2, -0.15) is 0 Å². The maximum atomic E-state index is 5.67. The fourth-order valence-corrected chi connectivity index (χ4v) is 2.55. The summed E-state index contributed by atoms with van der Waals surface area (Å²) in [6.45, 7) is 2.21. The number of nitrogens with two attached hydrogens (primary N) is 1. The first-order chi connectivity index (χ1) is 7.75. The first kappa shape index (κ1) is 13.9. The van der Waals surface area contributed by atoms with E-state index >= 15 is 0 Å². The van der Waals surface area contributed by atoms with Gasteiger partial charge in [0.15, 0.2) is 0 Å². The molecule has 0 aliphatic heterocycles. The van der Waals surface area contributed by atoms with Crippen molar-refractivity contribution in [3.8, 4) is 0 Å². The van der Waals surface area contributed by atoms with Crippen LogP contribution in [0.5, 0.6) is 0 Å². The van der Waals surface area contributed by atoms with Crippen molar-refractivity contribution in [1.82, 2.24) is 0 Å². The summed E-state index contributed by atoms with van der Waals surface area (Å²) in [5, 5.41) is 0.447. The molecule has 0 saturated heterocycles. The average Bonchev–Trinajstić information content (AvgIpc) is 2.31. The van der Waals surface area contributed by atoms with E-state index in [1.807, 2.05) is 30.0 Å². The Hall–Kier alpha value is -1.12. The lowest BCUT2D eigenvalue weighted by Gasteiger charge is -2.11. The van der Waals surface area contributed by atoms with Gasteiger partial charge >= 0.3 is 0 Å². The second kappa shape index (κ2) is 6.58. The fourth-order valence-electron chi connectivity index (χ4n) is 1.54. The number of anilines is 1. The quantitative estimate of drug-likeness (QED) is 0.651. The van der Waals surface area contributed by atoms with Crippen molar-refractivity contribution in [2.75, 3.05) is 5.73 Å². The topological polar surface area (TPSA) is 26.0 Å². The van der Waals surface area contributed by atoms with Crippen LogP contribution in [0.25, 0.3) is 0 Å². The third-order valence-electron chi connectivity index (χ3n) is 2.46. The van der Waals surface area contributed by atoms with E-state index in [1.54, 1.807) is 0 Å². The highest BCUT2D eigenvalue weighted by Crippen LogP contribution is 2.34. The molecule has 2 aromatic carbocycles. The number of nitrogen functional groups attached to an aromatic ring is 1. The summed E-state index contributed by atoms with van der Waals surface area (Å²) in [7, 11) is 0. The number of hydrogen-bond acceptors (Lipinski definition) is 2. The summed E-state index contributed by atoms with van der Waals surface area (Å²) in [5.41, 5.74) is 7.80. The molecule has 90 valence electrons. The normalized spacial score (nSPS) is 11.6. The number of halogens is 1. The summed E-state index contributed by atoms with van der Waals surface area (Å²) in [6, 6.07) is 18.5. The van der Waals surface area contributed by atoms with Crippen molar-refractivity contribution in [3.63, 3.8) is 0 Å². The number of rotatable bonds is 3. The van der Waals surface area contributed by atoms with E-state index in [4.69, 9.17) is 5.73 Å². The standard InChI is InChI=1S/C14H15NS.ClH/c1-11(12-7-9-13(15)10-8-12)16-14-5-3-2-4-6-14;/h2-11H,15H2,1H3;1H. The van der Waals surface area contributed by atoms with Gasteiger partial charge in [0.2, 0.25) is 0 Å². The Morgan fingerprint density at radius 2 is 1.53 bits per heavy atom. The largest absolute Gasteiger partial charge is 0.399 e. The summed E-state index contributed by atoms with van der Waals surface area (Å²) in [6.07, 6.45) is 0. The second-order valence-corrected chi connectivity index (χ2v) is 5.15. The van der Waals surface area contributed by atoms with Crippen LogP contribution in [0.1, 0.15) is 17.7 Å².